The molecule has 1 fully saturated rings. The monoisotopic (exact) mass is 274 g/mol. The highest BCUT2D eigenvalue weighted by molar-refractivity contribution is 7.13. The van der Waals surface area contributed by atoms with Gasteiger partial charge in [-0.05, 0) is 30.7 Å². The average molecular weight is 274 g/mol. The Labute approximate surface area is 117 Å². The van der Waals surface area contributed by atoms with Crippen molar-refractivity contribution in [1.82, 2.24) is 4.98 Å². The van der Waals surface area contributed by atoms with Crippen molar-refractivity contribution in [2.24, 2.45) is 0 Å². The standard InChI is InChI=1S/C15H18N2OS/c1-17(2)13-5-3-11(4-6-13)15-16-14(10-19-15)12-7-8-18-9-12/h3-6,10,12H,7-9H2,1-2H3. The summed E-state index contributed by atoms with van der Waals surface area (Å²) in [5.41, 5.74) is 3.60. The first kappa shape index (κ1) is 12.6. The summed E-state index contributed by atoms with van der Waals surface area (Å²) in [5, 5.41) is 3.28. The molecule has 1 aromatic carbocycles. The van der Waals surface area contributed by atoms with Crippen LogP contribution in [0, 0.1) is 0 Å². The van der Waals surface area contributed by atoms with Gasteiger partial charge in [-0.25, -0.2) is 4.98 Å². The Hall–Kier alpha value is -1.39. The van der Waals surface area contributed by atoms with E-state index in [0.717, 1.165) is 24.6 Å². The third-order valence-electron chi connectivity index (χ3n) is 3.50. The zero-order valence-electron chi connectivity index (χ0n) is 11.3. The van der Waals surface area contributed by atoms with Crippen molar-refractivity contribution >= 4 is 17.0 Å². The van der Waals surface area contributed by atoms with E-state index >= 15 is 0 Å². The van der Waals surface area contributed by atoms with Crippen LogP contribution in [0.25, 0.3) is 10.6 Å². The number of aromatic nitrogens is 1. The lowest BCUT2D eigenvalue weighted by atomic mass is 10.1. The molecular weight excluding hydrogens is 256 g/mol. The predicted molar refractivity (Wildman–Crippen MR) is 80.1 cm³/mol. The maximum atomic E-state index is 5.43. The molecular formula is C15H18N2OS. The Kier molecular flexibility index (Phi) is 3.53. The van der Waals surface area contributed by atoms with Crippen molar-refractivity contribution in [2.45, 2.75) is 12.3 Å². The Morgan fingerprint density at radius 3 is 2.68 bits per heavy atom. The van der Waals surface area contributed by atoms with Gasteiger partial charge < -0.3 is 9.64 Å². The van der Waals surface area contributed by atoms with E-state index < -0.39 is 0 Å². The molecule has 1 aliphatic heterocycles. The van der Waals surface area contributed by atoms with E-state index in [4.69, 9.17) is 9.72 Å². The minimum Gasteiger partial charge on any atom is -0.381 e. The fourth-order valence-electron chi connectivity index (χ4n) is 2.28. The number of nitrogens with zero attached hydrogens (tertiary/aromatic N) is 2. The molecule has 0 amide bonds. The SMILES string of the molecule is CN(C)c1ccc(-c2nc(C3CCOC3)cs2)cc1. The summed E-state index contributed by atoms with van der Waals surface area (Å²) in [6.07, 6.45) is 1.10. The van der Waals surface area contributed by atoms with Crippen molar-refractivity contribution in [3.63, 3.8) is 0 Å². The van der Waals surface area contributed by atoms with E-state index in [-0.39, 0.29) is 0 Å². The molecule has 1 atom stereocenters. The smallest absolute Gasteiger partial charge is 0.123 e. The van der Waals surface area contributed by atoms with E-state index in [9.17, 15) is 0 Å². The Bertz CT molecular complexity index is 542. The predicted octanol–water partition coefficient (Wildman–Crippen LogP) is 3.38. The lowest BCUT2D eigenvalue weighted by Crippen LogP contribution is -2.07. The number of rotatable bonds is 3. The van der Waals surface area contributed by atoms with Crippen LogP contribution in [0.5, 0.6) is 0 Å². The molecule has 19 heavy (non-hydrogen) atoms. The van der Waals surface area contributed by atoms with Gasteiger partial charge in [0.15, 0.2) is 0 Å². The van der Waals surface area contributed by atoms with Crippen molar-refractivity contribution in [2.75, 3.05) is 32.2 Å². The highest BCUT2D eigenvalue weighted by Gasteiger charge is 2.20. The second-order valence-electron chi connectivity index (χ2n) is 5.08. The average Bonchev–Trinajstić information content (AvgIpc) is 3.10. The first-order valence-electron chi connectivity index (χ1n) is 6.55. The second kappa shape index (κ2) is 5.31. The van der Waals surface area contributed by atoms with Gasteiger partial charge in [-0.15, -0.1) is 11.3 Å². The summed E-state index contributed by atoms with van der Waals surface area (Å²) in [5.74, 6) is 0.492. The minimum absolute atomic E-state index is 0.492. The van der Waals surface area contributed by atoms with Gasteiger partial charge in [0.2, 0.25) is 0 Å². The van der Waals surface area contributed by atoms with Gasteiger partial charge in [0.1, 0.15) is 5.01 Å². The maximum Gasteiger partial charge on any atom is 0.123 e. The quantitative estimate of drug-likeness (QED) is 0.858. The van der Waals surface area contributed by atoms with Crippen LogP contribution in [-0.2, 0) is 4.74 Å². The van der Waals surface area contributed by atoms with Gasteiger partial charge in [0.25, 0.3) is 0 Å². The minimum atomic E-state index is 0.492. The third kappa shape index (κ3) is 2.65. The van der Waals surface area contributed by atoms with Gasteiger partial charge >= 0.3 is 0 Å². The number of benzene rings is 1. The molecule has 100 valence electrons. The van der Waals surface area contributed by atoms with Gasteiger partial charge in [-0.2, -0.15) is 0 Å². The molecule has 1 aromatic heterocycles. The van der Waals surface area contributed by atoms with E-state index in [1.807, 2.05) is 0 Å². The fraction of sp³-hybridized carbons (Fsp3) is 0.400. The molecule has 0 spiro atoms. The third-order valence-corrected chi connectivity index (χ3v) is 4.41. The van der Waals surface area contributed by atoms with Crippen molar-refractivity contribution in [1.29, 1.82) is 0 Å². The van der Waals surface area contributed by atoms with Gasteiger partial charge in [-0.1, -0.05) is 0 Å². The van der Waals surface area contributed by atoms with Gasteiger partial charge in [-0.3, -0.25) is 0 Å². The van der Waals surface area contributed by atoms with Crippen molar-refractivity contribution in [3.05, 3.63) is 35.3 Å². The maximum absolute atomic E-state index is 5.43. The van der Waals surface area contributed by atoms with E-state index in [1.165, 1.54) is 16.9 Å². The van der Waals surface area contributed by atoms with Crippen LogP contribution in [-0.4, -0.2) is 32.3 Å². The Balaban J connectivity index is 1.81. The molecule has 1 unspecified atom stereocenters. The van der Waals surface area contributed by atoms with Gasteiger partial charge in [0, 0.05) is 43.3 Å². The van der Waals surface area contributed by atoms with Crippen molar-refractivity contribution in [3.8, 4) is 10.6 Å². The van der Waals surface area contributed by atoms with Gasteiger partial charge in [0.05, 0.1) is 12.3 Å². The fourth-order valence-corrected chi connectivity index (χ4v) is 3.18. The largest absolute Gasteiger partial charge is 0.381 e. The summed E-state index contributed by atoms with van der Waals surface area (Å²) in [6, 6.07) is 8.55. The molecule has 3 nitrogen and oxygen atoms in total. The van der Waals surface area contributed by atoms with Crippen LogP contribution < -0.4 is 4.90 Å². The summed E-state index contributed by atoms with van der Waals surface area (Å²) >= 11 is 1.72. The molecule has 0 bridgehead atoms. The summed E-state index contributed by atoms with van der Waals surface area (Å²) in [4.78, 5) is 6.87. The molecule has 1 aliphatic rings. The molecule has 3 rings (SSSR count). The second-order valence-corrected chi connectivity index (χ2v) is 5.94. The highest BCUT2D eigenvalue weighted by atomic mass is 32.1. The van der Waals surface area contributed by atoms with Crippen LogP contribution in [0.15, 0.2) is 29.6 Å². The molecule has 2 heterocycles. The zero-order valence-corrected chi connectivity index (χ0v) is 12.1. The van der Waals surface area contributed by atoms with E-state index in [0.29, 0.717) is 5.92 Å². The van der Waals surface area contributed by atoms with E-state index in [2.05, 4.69) is 48.6 Å². The summed E-state index contributed by atoms with van der Waals surface area (Å²) in [6.45, 7) is 1.69. The number of hydrogen-bond donors (Lipinski definition) is 0. The number of thiazole rings is 1. The van der Waals surface area contributed by atoms with E-state index in [1.54, 1.807) is 11.3 Å². The normalized spacial score (nSPS) is 18.7. The molecule has 1 saturated heterocycles. The van der Waals surface area contributed by atoms with Crippen LogP contribution in [0.2, 0.25) is 0 Å². The number of hydrogen-bond acceptors (Lipinski definition) is 4. The topological polar surface area (TPSA) is 25.4 Å². The van der Waals surface area contributed by atoms with Crippen LogP contribution >= 0.6 is 11.3 Å². The Morgan fingerprint density at radius 1 is 1.26 bits per heavy atom. The first-order chi connectivity index (χ1) is 9.24. The molecule has 2 aromatic rings. The summed E-state index contributed by atoms with van der Waals surface area (Å²) in [7, 11) is 4.10. The molecule has 0 N–H and O–H groups in total. The lowest BCUT2D eigenvalue weighted by Gasteiger charge is -2.12. The number of ether oxygens (including phenoxy) is 1. The van der Waals surface area contributed by atoms with Crippen LogP contribution in [0.4, 0.5) is 5.69 Å². The molecule has 0 aliphatic carbocycles. The zero-order chi connectivity index (χ0) is 13.2. The van der Waals surface area contributed by atoms with Crippen molar-refractivity contribution < 1.29 is 4.74 Å². The molecule has 4 heteroatoms. The van der Waals surface area contributed by atoms with Crippen LogP contribution in [0.1, 0.15) is 18.0 Å². The number of anilines is 1. The lowest BCUT2D eigenvalue weighted by molar-refractivity contribution is 0.193. The molecule has 0 radical (unpaired) electrons. The molecule has 0 saturated carbocycles. The summed E-state index contributed by atoms with van der Waals surface area (Å²) < 4.78 is 5.43. The first-order valence-corrected chi connectivity index (χ1v) is 7.43. The van der Waals surface area contributed by atoms with Crippen LogP contribution in [0.3, 0.4) is 0 Å². The highest BCUT2D eigenvalue weighted by Crippen LogP contribution is 2.31. The Morgan fingerprint density at radius 2 is 2.05 bits per heavy atom.